The molecule has 214 valence electrons. The van der Waals surface area contributed by atoms with Crippen molar-refractivity contribution in [2.75, 3.05) is 57.9 Å². The number of amides is 2. The van der Waals surface area contributed by atoms with Crippen LogP contribution < -0.4 is 19.1 Å². The molecule has 0 radical (unpaired) electrons. The van der Waals surface area contributed by atoms with Crippen molar-refractivity contribution in [1.82, 2.24) is 9.80 Å². The van der Waals surface area contributed by atoms with Crippen LogP contribution in [-0.2, 0) is 11.2 Å². The Bertz CT molecular complexity index is 1430. The van der Waals surface area contributed by atoms with Gasteiger partial charge < -0.3 is 28.9 Å². The van der Waals surface area contributed by atoms with Gasteiger partial charge >= 0.3 is 0 Å². The maximum atomic E-state index is 14.5. The van der Waals surface area contributed by atoms with Crippen LogP contribution in [0.1, 0.15) is 52.9 Å². The van der Waals surface area contributed by atoms with Crippen LogP contribution in [0, 0.1) is 0 Å². The van der Waals surface area contributed by atoms with Crippen molar-refractivity contribution in [2.45, 2.75) is 32.2 Å². The van der Waals surface area contributed by atoms with Gasteiger partial charge in [-0.15, -0.1) is 0 Å². The normalized spacial score (nSPS) is 19.7. The molecule has 0 bridgehead atoms. The maximum Gasteiger partial charge on any atom is 0.254 e. The fraction of sp³-hybridized carbons (Fsp3) is 0.394. The highest BCUT2D eigenvalue weighted by Gasteiger charge is 2.48. The van der Waals surface area contributed by atoms with Gasteiger partial charge in [0.1, 0.15) is 5.75 Å². The summed E-state index contributed by atoms with van der Waals surface area (Å²) in [4.78, 5) is 34.4. The summed E-state index contributed by atoms with van der Waals surface area (Å²) in [6.45, 7) is 8.19. The van der Waals surface area contributed by atoms with Crippen LogP contribution in [0.2, 0.25) is 0 Å². The van der Waals surface area contributed by atoms with Gasteiger partial charge in [-0.25, -0.2) is 0 Å². The Hall–Kier alpha value is -4.20. The van der Waals surface area contributed by atoms with E-state index in [1.54, 1.807) is 7.11 Å². The first-order valence-corrected chi connectivity index (χ1v) is 14.5. The van der Waals surface area contributed by atoms with E-state index in [4.69, 9.17) is 14.2 Å². The molecule has 3 aliphatic heterocycles. The molecule has 8 nitrogen and oxygen atoms in total. The van der Waals surface area contributed by atoms with Crippen molar-refractivity contribution in [3.05, 3.63) is 82.9 Å². The summed E-state index contributed by atoms with van der Waals surface area (Å²) in [6, 6.07) is 19.3. The van der Waals surface area contributed by atoms with Crippen LogP contribution in [0.4, 0.5) is 5.69 Å². The molecule has 0 aliphatic carbocycles. The van der Waals surface area contributed by atoms with E-state index in [1.165, 1.54) is 0 Å². The molecule has 2 unspecified atom stereocenters. The molecule has 41 heavy (non-hydrogen) atoms. The molecule has 3 aromatic rings. The number of methoxy groups -OCH3 is 1. The Morgan fingerprint density at radius 3 is 2.22 bits per heavy atom. The number of anilines is 1. The lowest BCUT2D eigenvalue weighted by Crippen LogP contribution is -2.54. The molecule has 0 N–H and O–H groups in total. The number of ether oxygens (including phenoxy) is 3. The van der Waals surface area contributed by atoms with Crippen LogP contribution in [0.3, 0.4) is 0 Å². The number of rotatable bonds is 7. The fourth-order valence-electron chi connectivity index (χ4n) is 6.51. The molecular weight excluding hydrogens is 518 g/mol. The number of carbonyl (C=O) groups is 2. The lowest BCUT2D eigenvalue weighted by atomic mass is 9.75. The third-order valence-electron chi connectivity index (χ3n) is 8.48. The van der Waals surface area contributed by atoms with E-state index in [0.717, 1.165) is 41.2 Å². The van der Waals surface area contributed by atoms with Gasteiger partial charge in [-0.2, -0.15) is 0 Å². The number of fused-ring (bicyclic) bond motifs is 4. The summed E-state index contributed by atoms with van der Waals surface area (Å²) in [5.74, 6) is 1.74. The monoisotopic (exact) mass is 555 g/mol. The zero-order valence-electron chi connectivity index (χ0n) is 24.0. The third-order valence-corrected chi connectivity index (χ3v) is 8.48. The lowest BCUT2D eigenvalue weighted by Gasteiger charge is -2.47. The number of hydrogen-bond donors (Lipinski definition) is 0. The molecular formula is C33H37N3O5. The Kier molecular flexibility index (Phi) is 7.47. The van der Waals surface area contributed by atoms with E-state index in [2.05, 4.69) is 17.0 Å². The predicted molar refractivity (Wildman–Crippen MR) is 157 cm³/mol. The molecule has 2 amide bonds. The first kappa shape index (κ1) is 27.0. The standard InChI is InChI=1S/C33H37N3O5/c1-4-40-28-20-22-14-15-36-31(27(22)21-29(28)41-5-2)30(25-8-6-7-9-26(25)32(36)37)33(38)35-18-16-34(17-19-35)23-10-12-24(39-3)13-11-23/h6-13,20-21,30-31H,4-5,14-19H2,1-3H3. The zero-order valence-corrected chi connectivity index (χ0v) is 24.0. The largest absolute Gasteiger partial charge is 0.497 e. The van der Waals surface area contributed by atoms with E-state index in [1.807, 2.05) is 72.2 Å². The molecule has 6 rings (SSSR count). The highest BCUT2D eigenvalue weighted by atomic mass is 16.5. The topological polar surface area (TPSA) is 71.5 Å². The van der Waals surface area contributed by atoms with Gasteiger partial charge in [0.15, 0.2) is 11.5 Å². The number of carbonyl (C=O) groups excluding carboxylic acids is 2. The van der Waals surface area contributed by atoms with E-state index < -0.39 is 12.0 Å². The summed E-state index contributed by atoms with van der Waals surface area (Å²) in [6.07, 6.45) is 0.702. The quantitative estimate of drug-likeness (QED) is 0.422. The maximum absolute atomic E-state index is 14.5. The van der Waals surface area contributed by atoms with Gasteiger partial charge in [0.2, 0.25) is 5.91 Å². The summed E-state index contributed by atoms with van der Waals surface area (Å²) in [7, 11) is 1.66. The molecule has 1 saturated heterocycles. The summed E-state index contributed by atoms with van der Waals surface area (Å²) >= 11 is 0. The van der Waals surface area contributed by atoms with Crippen molar-refractivity contribution in [3.63, 3.8) is 0 Å². The van der Waals surface area contributed by atoms with Crippen molar-refractivity contribution in [1.29, 1.82) is 0 Å². The second-order valence-corrected chi connectivity index (χ2v) is 10.6. The summed E-state index contributed by atoms with van der Waals surface area (Å²) in [5, 5.41) is 0. The average Bonchev–Trinajstić information content (AvgIpc) is 3.01. The first-order chi connectivity index (χ1) is 20.0. The van der Waals surface area contributed by atoms with Gasteiger partial charge in [0, 0.05) is 44.0 Å². The van der Waals surface area contributed by atoms with Gasteiger partial charge in [0.05, 0.1) is 32.3 Å². The van der Waals surface area contributed by atoms with Crippen molar-refractivity contribution in [2.24, 2.45) is 0 Å². The highest BCUT2D eigenvalue weighted by Crippen LogP contribution is 2.49. The van der Waals surface area contributed by atoms with E-state index in [-0.39, 0.29) is 11.8 Å². The molecule has 0 aromatic heterocycles. The van der Waals surface area contributed by atoms with Crippen LogP contribution >= 0.6 is 0 Å². The summed E-state index contributed by atoms with van der Waals surface area (Å²) < 4.78 is 17.2. The minimum Gasteiger partial charge on any atom is -0.497 e. The van der Waals surface area contributed by atoms with Crippen LogP contribution in [0.15, 0.2) is 60.7 Å². The minimum atomic E-state index is -0.497. The molecule has 0 saturated carbocycles. The van der Waals surface area contributed by atoms with Gasteiger partial charge in [0.25, 0.3) is 5.91 Å². The highest BCUT2D eigenvalue weighted by molar-refractivity contribution is 6.01. The van der Waals surface area contributed by atoms with Gasteiger partial charge in [-0.1, -0.05) is 18.2 Å². The zero-order chi connectivity index (χ0) is 28.5. The molecule has 3 aromatic carbocycles. The van der Waals surface area contributed by atoms with Gasteiger partial charge in [-0.05, 0) is 79.4 Å². The Labute approximate surface area is 241 Å². The average molecular weight is 556 g/mol. The molecule has 3 heterocycles. The Morgan fingerprint density at radius 1 is 0.854 bits per heavy atom. The fourth-order valence-corrected chi connectivity index (χ4v) is 6.51. The third kappa shape index (κ3) is 4.85. The number of piperazine rings is 1. The van der Waals surface area contributed by atoms with E-state index >= 15 is 0 Å². The number of nitrogens with zero attached hydrogens (tertiary/aromatic N) is 3. The molecule has 1 fully saturated rings. The summed E-state index contributed by atoms with van der Waals surface area (Å²) in [5.41, 5.74) is 4.63. The van der Waals surface area contributed by atoms with Crippen LogP contribution in [0.25, 0.3) is 0 Å². The smallest absolute Gasteiger partial charge is 0.254 e. The Morgan fingerprint density at radius 2 is 1.54 bits per heavy atom. The van der Waals surface area contributed by atoms with E-state index in [9.17, 15) is 9.59 Å². The van der Waals surface area contributed by atoms with Crippen LogP contribution in [0.5, 0.6) is 17.2 Å². The van der Waals surface area contributed by atoms with Gasteiger partial charge in [-0.3, -0.25) is 9.59 Å². The lowest BCUT2D eigenvalue weighted by molar-refractivity contribution is -0.135. The van der Waals surface area contributed by atoms with Crippen molar-refractivity contribution >= 4 is 17.5 Å². The Balaban J connectivity index is 1.34. The van der Waals surface area contributed by atoms with Crippen molar-refractivity contribution in [3.8, 4) is 17.2 Å². The molecule has 8 heteroatoms. The van der Waals surface area contributed by atoms with Crippen molar-refractivity contribution < 1.29 is 23.8 Å². The predicted octanol–water partition coefficient (Wildman–Crippen LogP) is 4.68. The SMILES string of the molecule is CCOc1cc2c(cc1OCC)C1C(C(=O)N3CCN(c4ccc(OC)cc4)CC3)c3ccccc3C(=O)N1CC2. The second kappa shape index (κ2) is 11.4. The second-order valence-electron chi connectivity index (χ2n) is 10.6. The number of hydrogen-bond acceptors (Lipinski definition) is 6. The minimum absolute atomic E-state index is 0.0172. The first-order valence-electron chi connectivity index (χ1n) is 14.5. The van der Waals surface area contributed by atoms with E-state index in [0.29, 0.717) is 56.3 Å². The molecule has 0 spiro atoms. The molecule has 2 atom stereocenters. The van der Waals surface area contributed by atoms with Crippen LogP contribution in [-0.4, -0.2) is 74.7 Å². The number of benzene rings is 3. The molecule has 3 aliphatic rings.